The van der Waals surface area contributed by atoms with Crippen molar-refractivity contribution < 1.29 is 9.72 Å². The maximum Gasteiger partial charge on any atom is 0.269 e. The van der Waals surface area contributed by atoms with Crippen LogP contribution in [0.1, 0.15) is 31.4 Å². The van der Waals surface area contributed by atoms with E-state index in [0.717, 1.165) is 24.9 Å². The van der Waals surface area contributed by atoms with E-state index in [1.165, 1.54) is 12.1 Å². The van der Waals surface area contributed by atoms with Gasteiger partial charge in [-0.3, -0.25) is 14.9 Å². The van der Waals surface area contributed by atoms with Gasteiger partial charge in [-0.25, -0.2) is 0 Å². The van der Waals surface area contributed by atoms with Gasteiger partial charge in [0.25, 0.3) is 5.69 Å². The van der Waals surface area contributed by atoms with Crippen LogP contribution >= 0.6 is 12.4 Å². The van der Waals surface area contributed by atoms with Crippen molar-refractivity contribution in [3.63, 3.8) is 0 Å². The van der Waals surface area contributed by atoms with Gasteiger partial charge in [-0.15, -0.1) is 12.4 Å². The first-order valence-electron chi connectivity index (χ1n) is 6.36. The molecule has 0 bridgehead atoms. The number of nitrogens with zero attached hydrogens (tertiary/aromatic N) is 1. The van der Waals surface area contributed by atoms with Gasteiger partial charge in [-0.1, -0.05) is 12.1 Å². The summed E-state index contributed by atoms with van der Waals surface area (Å²) < 4.78 is 0. The molecule has 1 aliphatic heterocycles. The molecular weight excluding hydrogens is 282 g/mol. The topological polar surface area (TPSA) is 84.3 Å². The van der Waals surface area contributed by atoms with E-state index >= 15 is 0 Å². The Balaban J connectivity index is 0.00000200. The third-order valence-electron chi connectivity index (χ3n) is 3.32. The first-order chi connectivity index (χ1) is 9.08. The monoisotopic (exact) mass is 299 g/mol. The largest absolute Gasteiger partial charge is 0.348 e. The maximum atomic E-state index is 11.9. The van der Waals surface area contributed by atoms with Crippen LogP contribution in [-0.4, -0.2) is 23.4 Å². The molecule has 0 saturated carbocycles. The molecule has 0 aliphatic carbocycles. The van der Waals surface area contributed by atoms with Gasteiger partial charge in [-0.05, 0) is 31.9 Å². The molecule has 1 fully saturated rings. The molecule has 6 nitrogen and oxygen atoms in total. The summed E-state index contributed by atoms with van der Waals surface area (Å²) in [7, 11) is 0. The molecule has 2 N–H and O–H groups in total. The minimum atomic E-state index is -0.434. The zero-order valence-corrected chi connectivity index (χ0v) is 12.0. The van der Waals surface area contributed by atoms with Crippen LogP contribution in [0.25, 0.3) is 0 Å². The molecule has 1 saturated heterocycles. The average molecular weight is 300 g/mol. The molecule has 1 heterocycles. The zero-order chi connectivity index (χ0) is 13.8. The van der Waals surface area contributed by atoms with Crippen molar-refractivity contribution in [3.8, 4) is 0 Å². The summed E-state index contributed by atoms with van der Waals surface area (Å²) in [5, 5.41) is 16.7. The molecule has 1 aliphatic rings. The number of benzene rings is 1. The molecule has 7 heteroatoms. The predicted octanol–water partition coefficient (Wildman–Crippen LogP) is 1.95. The number of hydrogen-bond donors (Lipinski definition) is 2. The summed E-state index contributed by atoms with van der Waals surface area (Å²) in [6.07, 6.45) is 1.84. The Kier molecular flexibility index (Phi) is 5.91. The summed E-state index contributed by atoms with van der Waals surface area (Å²) in [4.78, 5) is 22.2. The second-order valence-electron chi connectivity index (χ2n) is 4.73. The van der Waals surface area contributed by atoms with Crippen molar-refractivity contribution in [3.05, 3.63) is 39.9 Å². The van der Waals surface area contributed by atoms with Crippen molar-refractivity contribution in [1.82, 2.24) is 10.6 Å². The van der Waals surface area contributed by atoms with Crippen molar-refractivity contribution in [2.45, 2.75) is 31.8 Å². The molecule has 2 atom stereocenters. The summed E-state index contributed by atoms with van der Waals surface area (Å²) in [6, 6.07) is 5.96. The van der Waals surface area contributed by atoms with Gasteiger partial charge in [0, 0.05) is 12.1 Å². The van der Waals surface area contributed by atoms with Crippen LogP contribution in [0.3, 0.4) is 0 Å². The molecule has 1 amide bonds. The SMILES string of the molecule is CC(NC(=O)[C@@H]1CCCN1)c1cccc([N+](=O)[O-])c1.Cl. The van der Waals surface area contributed by atoms with Crippen LogP contribution in [0.5, 0.6) is 0 Å². The molecule has 20 heavy (non-hydrogen) atoms. The summed E-state index contributed by atoms with van der Waals surface area (Å²) >= 11 is 0. The van der Waals surface area contributed by atoms with Crippen molar-refractivity contribution >= 4 is 24.0 Å². The van der Waals surface area contributed by atoms with Crippen molar-refractivity contribution in [1.29, 1.82) is 0 Å². The molecule has 1 aromatic rings. The predicted molar refractivity (Wildman–Crippen MR) is 77.9 cm³/mol. The van der Waals surface area contributed by atoms with Crippen molar-refractivity contribution in [2.24, 2.45) is 0 Å². The Morgan fingerprint density at radius 1 is 1.55 bits per heavy atom. The van der Waals surface area contributed by atoms with Gasteiger partial charge in [0.1, 0.15) is 0 Å². The Morgan fingerprint density at radius 2 is 2.30 bits per heavy atom. The molecule has 0 spiro atoms. The Labute approximate surface area is 123 Å². The van der Waals surface area contributed by atoms with Gasteiger partial charge in [0.2, 0.25) is 5.91 Å². The van der Waals surface area contributed by atoms with Crippen LogP contribution in [0.2, 0.25) is 0 Å². The third-order valence-corrected chi connectivity index (χ3v) is 3.32. The second kappa shape index (κ2) is 7.21. The van der Waals surface area contributed by atoms with Crippen LogP contribution in [0.15, 0.2) is 24.3 Å². The highest BCUT2D eigenvalue weighted by molar-refractivity contribution is 5.85. The third kappa shape index (κ3) is 3.91. The van der Waals surface area contributed by atoms with E-state index in [2.05, 4.69) is 10.6 Å². The number of rotatable bonds is 4. The molecule has 0 aromatic heterocycles. The summed E-state index contributed by atoms with van der Waals surface area (Å²) in [5.41, 5.74) is 0.776. The van der Waals surface area contributed by atoms with E-state index in [9.17, 15) is 14.9 Å². The van der Waals surface area contributed by atoms with Gasteiger partial charge in [0.15, 0.2) is 0 Å². The summed E-state index contributed by atoms with van der Waals surface area (Å²) in [5.74, 6) is -0.0449. The van der Waals surface area contributed by atoms with Crippen LogP contribution in [0, 0.1) is 10.1 Å². The average Bonchev–Trinajstić information content (AvgIpc) is 2.92. The molecule has 0 radical (unpaired) electrons. The lowest BCUT2D eigenvalue weighted by Crippen LogP contribution is -2.41. The fraction of sp³-hybridized carbons (Fsp3) is 0.462. The lowest BCUT2D eigenvalue weighted by molar-refractivity contribution is -0.384. The number of nitro groups is 1. The molecule has 2 rings (SSSR count). The van der Waals surface area contributed by atoms with E-state index in [1.54, 1.807) is 12.1 Å². The highest BCUT2D eigenvalue weighted by Crippen LogP contribution is 2.19. The number of carbonyl (C=O) groups is 1. The first kappa shape index (κ1) is 16.4. The van der Waals surface area contributed by atoms with Gasteiger partial charge < -0.3 is 10.6 Å². The number of carbonyl (C=O) groups excluding carboxylic acids is 1. The fourth-order valence-electron chi connectivity index (χ4n) is 2.21. The van der Waals surface area contributed by atoms with Crippen LogP contribution in [0.4, 0.5) is 5.69 Å². The number of amides is 1. The number of non-ortho nitro benzene ring substituents is 1. The van der Waals surface area contributed by atoms with Crippen LogP contribution in [-0.2, 0) is 4.79 Å². The van der Waals surface area contributed by atoms with Crippen molar-refractivity contribution in [2.75, 3.05) is 6.54 Å². The minimum absolute atomic E-state index is 0. The minimum Gasteiger partial charge on any atom is -0.348 e. The highest BCUT2D eigenvalue weighted by Gasteiger charge is 2.23. The number of hydrogen-bond acceptors (Lipinski definition) is 4. The van der Waals surface area contributed by atoms with Gasteiger partial charge in [0.05, 0.1) is 17.0 Å². The van der Waals surface area contributed by atoms with Crippen LogP contribution < -0.4 is 10.6 Å². The Hall–Kier alpha value is -1.66. The van der Waals surface area contributed by atoms with Gasteiger partial charge >= 0.3 is 0 Å². The van der Waals surface area contributed by atoms with Gasteiger partial charge in [-0.2, -0.15) is 0 Å². The number of halogens is 1. The molecular formula is C13H18ClN3O3. The lowest BCUT2D eigenvalue weighted by atomic mass is 10.1. The molecule has 110 valence electrons. The molecule has 1 aromatic carbocycles. The fourth-order valence-corrected chi connectivity index (χ4v) is 2.21. The quantitative estimate of drug-likeness (QED) is 0.657. The zero-order valence-electron chi connectivity index (χ0n) is 11.2. The normalized spacial score (nSPS) is 18.9. The van der Waals surface area contributed by atoms with E-state index < -0.39 is 4.92 Å². The summed E-state index contributed by atoms with van der Waals surface area (Å²) in [6.45, 7) is 2.69. The van der Waals surface area contributed by atoms with E-state index in [1.807, 2.05) is 6.92 Å². The standard InChI is InChI=1S/C13H17N3O3.ClH/c1-9(15-13(17)12-6-3-7-14-12)10-4-2-5-11(8-10)16(18)19;/h2,4-5,8-9,12,14H,3,6-7H2,1H3,(H,15,17);1H/t9?,12-;/m0./s1. The highest BCUT2D eigenvalue weighted by atomic mass is 35.5. The van der Waals surface area contributed by atoms with E-state index in [-0.39, 0.29) is 36.1 Å². The Morgan fingerprint density at radius 3 is 2.90 bits per heavy atom. The smallest absolute Gasteiger partial charge is 0.269 e. The number of nitrogens with one attached hydrogen (secondary N) is 2. The Bertz CT molecular complexity index is 490. The second-order valence-corrected chi connectivity index (χ2v) is 4.73. The first-order valence-corrected chi connectivity index (χ1v) is 6.36. The lowest BCUT2D eigenvalue weighted by Gasteiger charge is -2.17. The van der Waals surface area contributed by atoms with E-state index in [4.69, 9.17) is 0 Å². The molecule has 1 unspecified atom stereocenters. The maximum absolute atomic E-state index is 11.9. The number of nitro benzene ring substituents is 1. The van der Waals surface area contributed by atoms with E-state index in [0.29, 0.717) is 0 Å².